The second-order valence-corrected chi connectivity index (χ2v) is 7.32. The summed E-state index contributed by atoms with van der Waals surface area (Å²) in [4.78, 5) is 16.5. The van der Waals surface area contributed by atoms with Crippen LogP contribution >= 0.6 is 11.3 Å². The number of nitrogens with one attached hydrogen (secondary N) is 1. The van der Waals surface area contributed by atoms with Crippen LogP contribution in [0.15, 0.2) is 24.3 Å². The third kappa shape index (κ3) is 4.04. The predicted octanol–water partition coefficient (Wildman–Crippen LogP) is 4.09. The van der Waals surface area contributed by atoms with Crippen molar-refractivity contribution in [3.05, 3.63) is 29.3 Å². The highest BCUT2D eigenvalue weighted by Crippen LogP contribution is 2.29. The quantitative estimate of drug-likeness (QED) is 0.921. The van der Waals surface area contributed by atoms with E-state index in [-0.39, 0.29) is 11.4 Å². The Labute approximate surface area is 124 Å². The molecule has 1 N–H and O–H groups in total. The fraction of sp³-hybridized carbons (Fsp3) is 0.500. The van der Waals surface area contributed by atoms with Crippen molar-refractivity contribution >= 4 is 27.5 Å². The summed E-state index contributed by atoms with van der Waals surface area (Å²) in [6.07, 6.45) is 1.39. The van der Waals surface area contributed by atoms with E-state index in [9.17, 15) is 4.79 Å². The van der Waals surface area contributed by atoms with Crippen molar-refractivity contribution in [2.45, 2.75) is 52.0 Å². The number of hydrogen-bond acceptors (Lipinski definition) is 3. The van der Waals surface area contributed by atoms with Crippen LogP contribution < -0.4 is 5.32 Å². The van der Waals surface area contributed by atoms with Gasteiger partial charge in [-0.2, -0.15) is 0 Å². The molecular weight excluding hydrogens is 268 g/mol. The molecule has 4 heteroatoms. The maximum Gasteiger partial charge on any atom is 0.220 e. The lowest BCUT2D eigenvalue weighted by molar-refractivity contribution is -0.122. The molecule has 3 nitrogen and oxygen atoms in total. The van der Waals surface area contributed by atoms with Crippen molar-refractivity contribution in [2.24, 2.45) is 0 Å². The zero-order valence-electron chi connectivity index (χ0n) is 12.6. The van der Waals surface area contributed by atoms with Gasteiger partial charge in [0.05, 0.1) is 15.2 Å². The van der Waals surface area contributed by atoms with Crippen LogP contribution in [0.25, 0.3) is 10.2 Å². The third-order valence-electron chi connectivity index (χ3n) is 3.05. The first kappa shape index (κ1) is 15.0. The van der Waals surface area contributed by atoms with Crippen LogP contribution in [0.2, 0.25) is 0 Å². The molecule has 2 aromatic rings. The van der Waals surface area contributed by atoms with Crippen LogP contribution in [0.5, 0.6) is 0 Å². The van der Waals surface area contributed by atoms with Crippen molar-refractivity contribution in [3.8, 4) is 0 Å². The lowest BCUT2D eigenvalue weighted by atomic mass is 10.0. The Kier molecular flexibility index (Phi) is 4.43. The summed E-state index contributed by atoms with van der Waals surface area (Å²) in [6, 6.07) is 8.17. The number of carbonyl (C=O) groups is 1. The van der Waals surface area contributed by atoms with Crippen molar-refractivity contribution in [1.29, 1.82) is 0 Å². The second kappa shape index (κ2) is 5.92. The highest BCUT2D eigenvalue weighted by atomic mass is 32.1. The van der Waals surface area contributed by atoms with E-state index in [1.807, 2.05) is 39.0 Å². The molecule has 1 unspecified atom stereocenters. The van der Waals surface area contributed by atoms with Crippen LogP contribution in [-0.4, -0.2) is 16.4 Å². The van der Waals surface area contributed by atoms with Crippen molar-refractivity contribution in [3.63, 3.8) is 0 Å². The van der Waals surface area contributed by atoms with E-state index in [1.54, 1.807) is 11.3 Å². The molecule has 2 rings (SSSR count). The summed E-state index contributed by atoms with van der Waals surface area (Å²) >= 11 is 1.73. The minimum Gasteiger partial charge on any atom is -0.352 e. The van der Waals surface area contributed by atoms with E-state index in [4.69, 9.17) is 0 Å². The van der Waals surface area contributed by atoms with Crippen molar-refractivity contribution in [2.75, 3.05) is 0 Å². The first-order valence-electron chi connectivity index (χ1n) is 7.01. The van der Waals surface area contributed by atoms with Crippen LogP contribution in [0.3, 0.4) is 0 Å². The summed E-state index contributed by atoms with van der Waals surface area (Å²) in [5, 5.41) is 4.12. The molecule has 0 fully saturated rings. The molecule has 1 atom stereocenters. The van der Waals surface area contributed by atoms with Crippen LogP contribution in [0, 0.1) is 0 Å². The van der Waals surface area contributed by atoms with Gasteiger partial charge in [-0.3, -0.25) is 4.79 Å². The Bertz CT molecular complexity index is 565. The number of nitrogens with zero attached hydrogens (tertiary/aromatic N) is 1. The van der Waals surface area contributed by atoms with E-state index in [0.717, 1.165) is 16.9 Å². The van der Waals surface area contributed by atoms with Gasteiger partial charge in [-0.1, -0.05) is 19.1 Å². The summed E-state index contributed by atoms with van der Waals surface area (Å²) in [5.41, 5.74) is 0.898. The molecule has 0 aliphatic rings. The highest BCUT2D eigenvalue weighted by molar-refractivity contribution is 7.18. The lowest BCUT2D eigenvalue weighted by Crippen LogP contribution is -2.40. The molecule has 108 valence electrons. The zero-order chi connectivity index (χ0) is 14.8. The first-order chi connectivity index (χ1) is 9.35. The third-order valence-corrected chi connectivity index (χ3v) is 4.32. The Balaban J connectivity index is 1.95. The largest absolute Gasteiger partial charge is 0.352 e. The van der Waals surface area contributed by atoms with E-state index < -0.39 is 0 Å². The fourth-order valence-electron chi connectivity index (χ4n) is 2.05. The van der Waals surface area contributed by atoms with Gasteiger partial charge in [0.15, 0.2) is 0 Å². The number of thiazole rings is 1. The highest BCUT2D eigenvalue weighted by Gasteiger charge is 2.16. The molecule has 1 heterocycles. The predicted molar refractivity (Wildman–Crippen MR) is 85.2 cm³/mol. The molecule has 20 heavy (non-hydrogen) atoms. The molecule has 1 aromatic carbocycles. The molecule has 1 aromatic heterocycles. The van der Waals surface area contributed by atoms with Crippen LogP contribution in [0.4, 0.5) is 0 Å². The maximum atomic E-state index is 11.8. The number of carbonyl (C=O) groups excluding carboxylic acids is 1. The number of amides is 1. The molecule has 0 saturated heterocycles. The number of fused-ring (bicyclic) bond motifs is 1. The van der Waals surface area contributed by atoms with Crippen LogP contribution in [-0.2, 0) is 4.79 Å². The van der Waals surface area contributed by atoms with Gasteiger partial charge in [0, 0.05) is 17.9 Å². The average molecular weight is 290 g/mol. The van der Waals surface area contributed by atoms with E-state index >= 15 is 0 Å². The van der Waals surface area contributed by atoms with Gasteiger partial charge in [0.1, 0.15) is 0 Å². The zero-order valence-corrected chi connectivity index (χ0v) is 13.4. The SMILES string of the molecule is CC(CCC(=O)NC(C)(C)C)c1nc2ccccc2s1. The molecule has 0 spiro atoms. The maximum absolute atomic E-state index is 11.8. The average Bonchev–Trinajstić information content (AvgIpc) is 2.77. The summed E-state index contributed by atoms with van der Waals surface area (Å²) in [7, 11) is 0. The minimum absolute atomic E-state index is 0.116. The van der Waals surface area contributed by atoms with E-state index in [2.05, 4.69) is 23.3 Å². The molecule has 0 aliphatic carbocycles. The van der Waals surface area contributed by atoms with E-state index in [1.165, 1.54) is 4.70 Å². The number of hydrogen-bond donors (Lipinski definition) is 1. The Morgan fingerprint density at radius 1 is 1.35 bits per heavy atom. The standard InChI is InChI=1S/C16H22N2OS/c1-11(9-10-14(19)18-16(2,3)4)15-17-12-7-5-6-8-13(12)20-15/h5-8,11H,9-10H2,1-4H3,(H,18,19). The second-order valence-electron chi connectivity index (χ2n) is 6.26. The Morgan fingerprint density at radius 3 is 2.70 bits per heavy atom. The lowest BCUT2D eigenvalue weighted by Gasteiger charge is -2.20. The van der Waals surface area contributed by atoms with Crippen molar-refractivity contribution < 1.29 is 4.79 Å². The number of benzene rings is 1. The molecular formula is C16H22N2OS. The van der Waals surface area contributed by atoms with Gasteiger partial charge in [0.25, 0.3) is 0 Å². The first-order valence-corrected chi connectivity index (χ1v) is 7.83. The molecule has 0 bridgehead atoms. The number of rotatable bonds is 4. The monoisotopic (exact) mass is 290 g/mol. The summed E-state index contributed by atoms with van der Waals surface area (Å²) in [6.45, 7) is 8.15. The van der Waals surface area contributed by atoms with Gasteiger partial charge in [0.2, 0.25) is 5.91 Å². The molecule has 0 radical (unpaired) electrons. The number of para-hydroxylation sites is 1. The van der Waals surface area contributed by atoms with Gasteiger partial charge >= 0.3 is 0 Å². The van der Waals surface area contributed by atoms with Crippen LogP contribution in [0.1, 0.15) is 51.5 Å². The summed E-state index contributed by atoms with van der Waals surface area (Å²) < 4.78 is 1.22. The smallest absolute Gasteiger partial charge is 0.220 e. The Morgan fingerprint density at radius 2 is 2.05 bits per heavy atom. The minimum atomic E-state index is -0.157. The van der Waals surface area contributed by atoms with Crippen molar-refractivity contribution in [1.82, 2.24) is 10.3 Å². The fourth-order valence-corrected chi connectivity index (χ4v) is 3.11. The van der Waals surface area contributed by atoms with Gasteiger partial charge in [-0.25, -0.2) is 4.98 Å². The topological polar surface area (TPSA) is 42.0 Å². The van der Waals surface area contributed by atoms with Gasteiger partial charge in [-0.05, 0) is 39.3 Å². The van der Waals surface area contributed by atoms with Gasteiger partial charge < -0.3 is 5.32 Å². The molecule has 0 aliphatic heterocycles. The summed E-state index contributed by atoms with van der Waals surface area (Å²) in [5.74, 6) is 0.434. The normalized spacial score (nSPS) is 13.4. The van der Waals surface area contributed by atoms with E-state index in [0.29, 0.717) is 12.3 Å². The molecule has 0 saturated carbocycles. The number of aromatic nitrogens is 1. The van der Waals surface area contributed by atoms with Gasteiger partial charge in [-0.15, -0.1) is 11.3 Å². The molecule has 1 amide bonds. The Hall–Kier alpha value is -1.42.